The van der Waals surface area contributed by atoms with Crippen molar-refractivity contribution >= 4 is 44.6 Å². The molecule has 6 rings (SSSR count). The molecule has 2 aromatic rings. The second kappa shape index (κ2) is 16.7. The van der Waals surface area contributed by atoms with Crippen molar-refractivity contribution in [3.63, 3.8) is 0 Å². The second-order valence-electron chi connectivity index (χ2n) is 18.5. The molecule has 1 aromatic heterocycles. The molecule has 58 heavy (non-hydrogen) atoms. The summed E-state index contributed by atoms with van der Waals surface area (Å²) in [5, 5.41) is 1.54. The van der Waals surface area contributed by atoms with Crippen molar-refractivity contribution < 1.29 is 50.7 Å². The van der Waals surface area contributed by atoms with E-state index in [1.165, 1.54) is 4.90 Å². The fourth-order valence-electron chi connectivity index (χ4n) is 8.43. The highest BCUT2D eigenvalue weighted by Crippen LogP contribution is 2.58. The van der Waals surface area contributed by atoms with Crippen molar-refractivity contribution in [1.82, 2.24) is 19.5 Å². The first-order valence-electron chi connectivity index (χ1n) is 20.4. The first-order chi connectivity index (χ1) is 27.2. The molecular formula is C42H60N4O11S. The maximum Gasteiger partial charge on any atom is 0.362 e. The van der Waals surface area contributed by atoms with Gasteiger partial charge in [-0.05, 0) is 81.0 Å². The normalized spacial score (nSPS) is 25.2. The molecule has 16 heteroatoms. The number of nitrogens with one attached hydrogen (secondary N) is 1. The van der Waals surface area contributed by atoms with Crippen LogP contribution in [0.15, 0.2) is 30.5 Å². The summed E-state index contributed by atoms with van der Waals surface area (Å²) in [7, 11) is -2.84. The van der Waals surface area contributed by atoms with Crippen LogP contribution in [0.25, 0.3) is 10.8 Å². The maximum atomic E-state index is 14.9. The molecule has 1 N–H and O–H groups in total. The number of hydrogen-bond acceptors (Lipinski definition) is 13. The third kappa shape index (κ3) is 10.3. The van der Waals surface area contributed by atoms with Crippen LogP contribution in [0.2, 0.25) is 0 Å². The Bertz CT molecular complexity index is 1990. The average molecular weight is 829 g/mol. The van der Waals surface area contributed by atoms with E-state index in [9.17, 15) is 27.6 Å². The van der Waals surface area contributed by atoms with Gasteiger partial charge in [-0.15, -0.1) is 0 Å². The van der Waals surface area contributed by atoms with E-state index < -0.39 is 74.0 Å². The number of amides is 2. The Morgan fingerprint density at radius 1 is 1.07 bits per heavy atom. The molecule has 4 aliphatic rings. The van der Waals surface area contributed by atoms with Crippen LogP contribution in [-0.2, 0) is 43.1 Å². The van der Waals surface area contributed by atoms with E-state index in [1.807, 2.05) is 59.7 Å². The molecule has 15 nitrogen and oxygen atoms in total. The molecular weight excluding hydrogens is 769 g/mol. The Kier molecular flexibility index (Phi) is 12.6. The lowest BCUT2D eigenvalue weighted by Gasteiger charge is -2.37. The molecule has 0 spiro atoms. The number of carbonyl (C=O) groups excluding carboxylic acids is 4. The van der Waals surface area contributed by atoms with Gasteiger partial charge in [-0.1, -0.05) is 34.1 Å². The molecule has 2 amide bonds. The lowest BCUT2D eigenvalue weighted by atomic mass is 9.77. The first-order valence-corrected chi connectivity index (χ1v) is 21.8. The van der Waals surface area contributed by atoms with Crippen LogP contribution < -0.4 is 14.2 Å². The summed E-state index contributed by atoms with van der Waals surface area (Å²) >= 11 is 0. The molecule has 2 aliphatic heterocycles. The van der Waals surface area contributed by atoms with Gasteiger partial charge in [-0.25, -0.2) is 13.9 Å². The van der Waals surface area contributed by atoms with Crippen molar-refractivity contribution in [2.45, 2.75) is 117 Å². The van der Waals surface area contributed by atoms with Crippen LogP contribution in [0.1, 0.15) is 93.4 Å². The summed E-state index contributed by atoms with van der Waals surface area (Å²) in [6, 6.07) is 6.30. The predicted molar refractivity (Wildman–Crippen MR) is 214 cm³/mol. The largest absolute Gasteiger partial charge is 0.497 e. The number of ether oxygens (including phenoxy) is 4. The van der Waals surface area contributed by atoms with Gasteiger partial charge in [0.2, 0.25) is 17.7 Å². The number of morpholine rings is 1. The van der Waals surface area contributed by atoms with Crippen LogP contribution in [0, 0.1) is 22.7 Å². The number of rotatable bonds is 17. The van der Waals surface area contributed by atoms with Gasteiger partial charge in [0.15, 0.2) is 5.78 Å². The smallest absolute Gasteiger partial charge is 0.362 e. The van der Waals surface area contributed by atoms with Crippen molar-refractivity contribution in [2.75, 3.05) is 46.5 Å². The van der Waals surface area contributed by atoms with Crippen LogP contribution in [0.5, 0.6) is 11.6 Å². The number of likely N-dealkylation sites (tertiary alicyclic amines) is 1. The quantitative estimate of drug-likeness (QED) is 0.219. The SMILES string of the molecule is CCC1CC1(CC(=O)C1CC(Oc2nccc3cc(OC)ccc23)CN1C(=O)C(CC(=O)OC(C)(C)CN1CCOCC1)C(C)(C)C)C(=O)NS(=O)(=O)OC1(C)CC1. The van der Waals surface area contributed by atoms with E-state index >= 15 is 0 Å². The number of carbonyl (C=O) groups is 4. The number of hydrogen-bond donors (Lipinski definition) is 1. The third-order valence-electron chi connectivity index (χ3n) is 12.1. The zero-order valence-electron chi connectivity index (χ0n) is 35.1. The lowest BCUT2D eigenvalue weighted by Crippen LogP contribution is -2.49. The number of pyridine rings is 1. The number of benzene rings is 1. The maximum absolute atomic E-state index is 14.9. The van der Waals surface area contributed by atoms with Crippen LogP contribution in [0.3, 0.4) is 0 Å². The van der Waals surface area contributed by atoms with E-state index in [0.717, 1.165) is 18.5 Å². The van der Waals surface area contributed by atoms with E-state index in [2.05, 4.69) is 14.6 Å². The molecule has 2 aliphatic carbocycles. The van der Waals surface area contributed by atoms with Crippen molar-refractivity contribution in [3.8, 4) is 11.6 Å². The highest BCUT2D eigenvalue weighted by Gasteiger charge is 2.62. The van der Waals surface area contributed by atoms with Crippen LogP contribution in [0.4, 0.5) is 0 Å². The van der Waals surface area contributed by atoms with Gasteiger partial charge in [-0.2, -0.15) is 8.42 Å². The van der Waals surface area contributed by atoms with Crippen LogP contribution >= 0.6 is 0 Å². The summed E-state index contributed by atoms with van der Waals surface area (Å²) in [6.07, 6.45) is 2.52. The van der Waals surface area contributed by atoms with Crippen molar-refractivity contribution in [2.24, 2.45) is 22.7 Å². The molecule has 3 heterocycles. The summed E-state index contributed by atoms with van der Waals surface area (Å²) in [5.41, 5.74) is -3.67. The number of ketones is 1. The van der Waals surface area contributed by atoms with E-state index in [0.29, 0.717) is 62.5 Å². The third-order valence-corrected chi connectivity index (χ3v) is 13.1. The van der Waals surface area contributed by atoms with E-state index in [4.69, 9.17) is 23.1 Å². The standard InChI is InChI=1S/C42H60N4O11S/c1-9-28-23-42(28,38(50)44-58(51,52)57-41(7)13-14-41)24-34(47)33-21-30(55-36-31-11-10-29(53-8)20-27(31)12-15-43-36)25-46(33)37(49)32(39(2,3)4)22-35(48)56-40(5,6)26-45-16-18-54-19-17-45/h10-12,15,20,28,30,32-33H,9,13-14,16-19,21-26H2,1-8H3,(H,44,50). The number of methoxy groups -OCH3 is 1. The Morgan fingerprint density at radius 3 is 2.40 bits per heavy atom. The number of fused-ring (bicyclic) bond motifs is 1. The van der Waals surface area contributed by atoms with Gasteiger partial charge >= 0.3 is 16.3 Å². The molecule has 320 valence electrons. The minimum absolute atomic E-state index is 0.0187. The topological polar surface area (TPSA) is 180 Å². The predicted octanol–water partition coefficient (Wildman–Crippen LogP) is 4.60. The zero-order valence-corrected chi connectivity index (χ0v) is 35.9. The Labute approximate surface area is 342 Å². The van der Waals surface area contributed by atoms with Gasteiger partial charge in [0.1, 0.15) is 17.5 Å². The van der Waals surface area contributed by atoms with Gasteiger partial charge in [-0.3, -0.25) is 24.1 Å². The highest BCUT2D eigenvalue weighted by molar-refractivity contribution is 7.85. The number of nitrogens with zero attached hydrogens (tertiary/aromatic N) is 3. The highest BCUT2D eigenvalue weighted by atomic mass is 32.2. The number of esters is 1. The first kappa shape index (κ1) is 43.7. The fourth-order valence-corrected chi connectivity index (χ4v) is 9.60. The van der Waals surface area contributed by atoms with E-state index in [-0.39, 0.29) is 31.7 Å². The van der Waals surface area contributed by atoms with Crippen LogP contribution in [-0.4, -0.2) is 117 Å². The Hall–Kier alpha value is -3.86. The van der Waals surface area contributed by atoms with Gasteiger partial charge < -0.3 is 23.8 Å². The van der Waals surface area contributed by atoms with Crippen molar-refractivity contribution in [1.29, 1.82) is 0 Å². The van der Waals surface area contributed by atoms with Gasteiger partial charge in [0, 0.05) is 44.1 Å². The molecule has 1 aromatic carbocycles. The average Bonchev–Trinajstić information content (AvgIpc) is 4.01. The Morgan fingerprint density at radius 2 is 1.78 bits per heavy atom. The summed E-state index contributed by atoms with van der Waals surface area (Å²) < 4.78 is 56.4. The summed E-state index contributed by atoms with van der Waals surface area (Å²) in [4.78, 5) is 65.0. The minimum atomic E-state index is -4.42. The molecule has 4 fully saturated rings. The minimum Gasteiger partial charge on any atom is -0.497 e. The molecule has 5 atom stereocenters. The molecule has 2 saturated heterocycles. The monoisotopic (exact) mass is 828 g/mol. The number of aromatic nitrogens is 1. The summed E-state index contributed by atoms with van der Waals surface area (Å²) in [5.74, 6) is -2.25. The zero-order chi connectivity index (χ0) is 42.3. The molecule has 2 saturated carbocycles. The second-order valence-corrected chi connectivity index (χ2v) is 19.7. The summed E-state index contributed by atoms with van der Waals surface area (Å²) in [6.45, 7) is 16.0. The van der Waals surface area contributed by atoms with Gasteiger partial charge in [0.05, 0.1) is 56.3 Å². The number of Topliss-reactive ketones (excluding diaryl/α,β-unsaturated/α-hetero) is 1. The molecule has 0 bridgehead atoms. The van der Waals surface area contributed by atoms with E-state index in [1.54, 1.807) is 26.3 Å². The molecule has 5 unspecified atom stereocenters. The fraction of sp³-hybridized carbons (Fsp3) is 0.690. The molecule has 0 radical (unpaired) electrons. The lowest BCUT2D eigenvalue weighted by molar-refractivity contribution is -0.164. The van der Waals surface area contributed by atoms with Gasteiger partial charge in [0.25, 0.3) is 0 Å². The van der Waals surface area contributed by atoms with Crippen molar-refractivity contribution in [3.05, 3.63) is 30.5 Å². The Balaban J connectivity index is 1.25.